The molecule has 0 fully saturated rings. The van der Waals surface area contributed by atoms with Crippen molar-refractivity contribution in [3.05, 3.63) is 58.6 Å². The SMILES string of the molecule is CSc1c(CO)ccc(OCc2ccccc2)c1Cl. The molecule has 19 heavy (non-hydrogen) atoms. The lowest BCUT2D eigenvalue weighted by molar-refractivity contribution is 0.277. The van der Waals surface area contributed by atoms with Gasteiger partial charge in [-0.2, -0.15) is 0 Å². The molecule has 0 aliphatic rings. The minimum absolute atomic E-state index is 0.0190. The van der Waals surface area contributed by atoms with Crippen molar-refractivity contribution in [2.75, 3.05) is 6.26 Å². The van der Waals surface area contributed by atoms with Crippen molar-refractivity contribution >= 4 is 23.4 Å². The van der Waals surface area contributed by atoms with Gasteiger partial charge in [-0.15, -0.1) is 11.8 Å². The van der Waals surface area contributed by atoms with Crippen LogP contribution in [0.4, 0.5) is 0 Å². The van der Waals surface area contributed by atoms with Crippen LogP contribution in [0.5, 0.6) is 5.75 Å². The molecule has 0 spiro atoms. The van der Waals surface area contributed by atoms with Gasteiger partial charge in [-0.1, -0.05) is 48.0 Å². The van der Waals surface area contributed by atoms with Crippen LogP contribution in [0.1, 0.15) is 11.1 Å². The fraction of sp³-hybridized carbons (Fsp3) is 0.200. The molecule has 0 bridgehead atoms. The van der Waals surface area contributed by atoms with Crippen molar-refractivity contribution in [3.63, 3.8) is 0 Å². The first-order valence-corrected chi connectivity index (χ1v) is 7.49. The highest BCUT2D eigenvalue weighted by Crippen LogP contribution is 2.37. The number of halogens is 1. The van der Waals surface area contributed by atoms with Crippen molar-refractivity contribution in [3.8, 4) is 5.75 Å². The molecule has 0 saturated heterocycles. The lowest BCUT2D eigenvalue weighted by Gasteiger charge is -2.13. The van der Waals surface area contributed by atoms with Crippen molar-refractivity contribution in [1.82, 2.24) is 0 Å². The summed E-state index contributed by atoms with van der Waals surface area (Å²) in [5.41, 5.74) is 1.92. The number of thioether (sulfide) groups is 1. The van der Waals surface area contributed by atoms with Gasteiger partial charge in [0.05, 0.1) is 11.6 Å². The first-order chi connectivity index (χ1) is 9.26. The summed E-state index contributed by atoms with van der Waals surface area (Å²) in [5.74, 6) is 0.645. The van der Waals surface area contributed by atoms with Gasteiger partial charge in [-0.25, -0.2) is 0 Å². The third-order valence-corrected chi connectivity index (χ3v) is 4.12. The smallest absolute Gasteiger partial charge is 0.139 e. The highest BCUT2D eigenvalue weighted by molar-refractivity contribution is 7.98. The molecule has 0 amide bonds. The Morgan fingerprint density at radius 2 is 1.89 bits per heavy atom. The van der Waals surface area contributed by atoms with Gasteiger partial charge in [0.1, 0.15) is 12.4 Å². The number of aliphatic hydroxyl groups is 1. The van der Waals surface area contributed by atoms with Gasteiger partial charge < -0.3 is 9.84 Å². The first-order valence-electron chi connectivity index (χ1n) is 5.89. The van der Waals surface area contributed by atoms with Crippen LogP contribution in [0.25, 0.3) is 0 Å². The summed E-state index contributed by atoms with van der Waals surface area (Å²) >= 11 is 7.81. The highest BCUT2D eigenvalue weighted by atomic mass is 35.5. The Kier molecular flexibility index (Phi) is 5.14. The minimum Gasteiger partial charge on any atom is -0.487 e. The first kappa shape index (κ1) is 14.3. The summed E-state index contributed by atoms with van der Waals surface area (Å²) < 4.78 is 5.74. The predicted molar refractivity (Wildman–Crippen MR) is 79.9 cm³/mol. The van der Waals surface area contributed by atoms with E-state index in [0.717, 1.165) is 16.0 Å². The van der Waals surface area contributed by atoms with Gasteiger partial charge in [0.15, 0.2) is 0 Å². The van der Waals surface area contributed by atoms with Crippen LogP contribution in [-0.4, -0.2) is 11.4 Å². The number of benzene rings is 2. The molecule has 4 heteroatoms. The van der Waals surface area contributed by atoms with Crippen LogP contribution >= 0.6 is 23.4 Å². The predicted octanol–water partition coefficient (Wildman–Crippen LogP) is 4.13. The average molecular weight is 295 g/mol. The number of rotatable bonds is 5. The molecule has 100 valence electrons. The monoisotopic (exact) mass is 294 g/mol. The molecule has 2 aromatic carbocycles. The zero-order valence-corrected chi connectivity index (χ0v) is 12.2. The maximum atomic E-state index is 9.26. The normalized spacial score (nSPS) is 10.5. The van der Waals surface area contributed by atoms with E-state index in [9.17, 15) is 5.11 Å². The second-order valence-corrected chi connectivity index (χ2v) is 5.20. The molecule has 0 atom stereocenters. The molecule has 2 aromatic rings. The topological polar surface area (TPSA) is 29.5 Å². The van der Waals surface area contributed by atoms with Gasteiger partial charge >= 0.3 is 0 Å². The summed E-state index contributed by atoms with van der Waals surface area (Å²) in [6.07, 6.45) is 1.93. The molecule has 2 nitrogen and oxygen atoms in total. The van der Waals surface area contributed by atoms with Crippen LogP contribution in [0.2, 0.25) is 5.02 Å². The molecule has 2 rings (SSSR count). The quantitative estimate of drug-likeness (QED) is 0.841. The summed E-state index contributed by atoms with van der Waals surface area (Å²) in [4.78, 5) is 0.870. The molecule has 1 N–H and O–H groups in total. The Bertz CT molecular complexity index is 543. The fourth-order valence-corrected chi connectivity index (χ4v) is 2.91. The second-order valence-electron chi connectivity index (χ2n) is 4.00. The molecule has 0 saturated carbocycles. The standard InChI is InChI=1S/C15H15ClO2S/c1-19-15-12(9-17)7-8-13(14(15)16)18-10-11-5-3-2-4-6-11/h2-8,17H,9-10H2,1H3. The molecule has 0 aromatic heterocycles. The Morgan fingerprint density at radius 3 is 2.53 bits per heavy atom. The molecule has 0 radical (unpaired) electrons. The Hall–Kier alpha value is -1.16. The lowest BCUT2D eigenvalue weighted by atomic mass is 10.2. The van der Waals surface area contributed by atoms with Crippen molar-refractivity contribution in [2.45, 2.75) is 18.1 Å². The van der Waals surface area contributed by atoms with Gasteiger partial charge in [0.25, 0.3) is 0 Å². The van der Waals surface area contributed by atoms with E-state index in [2.05, 4.69) is 0 Å². The van der Waals surface area contributed by atoms with E-state index in [1.807, 2.05) is 42.7 Å². The van der Waals surface area contributed by atoms with Gasteiger partial charge in [0, 0.05) is 4.90 Å². The maximum Gasteiger partial charge on any atom is 0.139 e. The van der Waals surface area contributed by atoms with Crippen LogP contribution in [0, 0.1) is 0 Å². The maximum absolute atomic E-state index is 9.26. The summed E-state index contributed by atoms with van der Waals surface area (Å²) in [6, 6.07) is 13.6. The highest BCUT2D eigenvalue weighted by Gasteiger charge is 2.11. The second kappa shape index (κ2) is 6.85. The molecular weight excluding hydrogens is 280 g/mol. The Morgan fingerprint density at radius 1 is 1.16 bits per heavy atom. The Balaban J connectivity index is 2.17. The number of hydrogen-bond acceptors (Lipinski definition) is 3. The molecule has 0 aliphatic carbocycles. The van der Waals surface area contributed by atoms with E-state index in [-0.39, 0.29) is 6.61 Å². The van der Waals surface area contributed by atoms with Crippen LogP contribution in [0.15, 0.2) is 47.4 Å². The van der Waals surface area contributed by atoms with Gasteiger partial charge in [0.2, 0.25) is 0 Å². The van der Waals surface area contributed by atoms with E-state index in [1.54, 1.807) is 6.07 Å². The number of ether oxygens (including phenoxy) is 1. The van der Waals surface area contributed by atoms with Gasteiger partial charge in [-0.05, 0) is 23.4 Å². The zero-order chi connectivity index (χ0) is 13.7. The van der Waals surface area contributed by atoms with E-state index in [4.69, 9.17) is 16.3 Å². The van der Waals surface area contributed by atoms with E-state index in [0.29, 0.717) is 17.4 Å². The Labute approximate surface area is 122 Å². The number of aliphatic hydroxyl groups excluding tert-OH is 1. The van der Waals surface area contributed by atoms with Crippen molar-refractivity contribution in [1.29, 1.82) is 0 Å². The van der Waals surface area contributed by atoms with Crippen LogP contribution in [0.3, 0.4) is 0 Å². The van der Waals surface area contributed by atoms with E-state index in [1.165, 1.54) is 11.8 Å². The molecule has 0 aliphatic heterocycles. The third kappa shape index (κ3) is 3.44. The van der Waals surface area contributed by atoms with Crippen molar-refractivity contribution in [2.24, 2.45) is 0 Å². The lowest BCUT2D eigenvalue weighted by Crippen LogP contribution is -1.98. The average Bonchev–Trinajstić information content (AvgIpc) is 2.46. The summed E-state index contributed by atoms with van der Waals surface area (Å²) in [6.45, 7) is 0.460. The molecule has 0 unspecified atom stereocenters. The summed E-state index contributed by atoms with van der Waals surface area (Å²) in [7, 11) is 0. The third-order valence-electron chi connectivity index (χ3n) is 2.75. The molecular formula is C15H15ClO2S. The fourth-order valence-electron chi connectivity index (χ4n) is 1.77. The largest absolute Gasteiger partial charge is 0.487 e. The van der Waals surface area contributed by atoms with Crippen LogP contribution in [-0.2, 0) is 13.2 Å². The van der Waals surface area contributed by atoms with E-state index >= 15 is 0 Å². The number of hydrogen-bond donors (Lipinski definition) is 1. The van der Waals surface area contributed by atoms with E-state index < -0.39 is 0 Å². The summed E-state index contributed by atoms with van der Waals surface area (Å²) in [5, 5.41) is 9.82. The molecule has 0 heterocycles. The van der Waals surface area contributed by atoms with Crippen LogP contribution < -0.4 is 4.74 Å². The van der Waals surface area contributed by atoms with Crippen molar-refractivity contribution < 1.29 is 9.84 Å². The zero-order valence-electron chi connectivity index (χ0n) is 10.6. The van der Waals surface area contributed by atoms with Gasteiger partial charge in [-0.3, -0.25) is 0 Å². The minimum atomic E-state index is -0.0190.